The first kappa shape index (κ1) is 34.4. The molecule has 1 saturated carbocycles. The minimum absolute atomic E-state index is 0.0380. The third kappa shape index (κ3) is 8.72. The van der Waals surface area contributed by atoms with Gasteiger partial charge in [0.1, 0.15) is 0 Å². The molecular formula is C45H50Zr. The van der Waals surface area contributed by atoms with E-state index in [0.29, 0.717) is 0 Å². The Hall–Kier alpha value is -2.89. The summed E-state index contributed by atoms with van der Waals surface area (Å²) in [6.45, 7) is 13.9. The van der Waals surface area contributed by atoms with Gasteiger partial charge in [-0.15, -0.1) is 35.2 Å². The van der Waals surface area contributed by atoms with Crippen LogP contribution in [0.1, 0.15) is 109 Å². The molecule has 0 nitrogen and oxygen atoms in total. The van der Waals surface area contributed by atoms with Crippen molar-refractivity contribution < 1.29 is 24.2 Å². The Morgan fingerprint density at radius 1 is 0.630 bits per heavy atom. The van der Waals surface area contributed by atoms with Crippen molar-refractivity contribution in [3.05, 3.63) is 131 Å². The van der Waals surface area contributed by atoms with Gasteiger partial charge in [0.05, 0.1) is 0 Å². The first-order valence-corrected chi connectivity index (χ1v) is 18.4. The molecule has 0 spiro atoms. The molecule has 46 heavy (non-hydrogen) atoms. The predicted molar refractivity (Wildman–Crippen MR) is 196 cm³/mol. The minimum atomic E-state index is 0.0380. The van der Waals surface area contributed by atoms with Crippen LogP contribution in [0.25, 0.3) is 33.4 Å². The van der Waals surface area contributed by atoms with Gasteiger partial charge in [0.25, 0.3) is 0 Å². The second-order valence-corrected chi connectivity index (χ2v) is 16.7. The molecule has 3 aliphatic rings. The third-order valence-corrected chi connectivity index (χ3v) is 10.3. The van der Waals surface area contributed by atoms with Gasteiger partial charge in [-0.1, -0.05) is 131 Å². The van der Waals surface area contributed by atoms with Crippen LogP contribution in [0, 0.1) is 12.1 Å². The molecule has 0 N–H and O–H groups in total. The van der Waals surface area contributed by atoms with E-state index in [1.54, 1.807) is 24.2 Å². The number of hydrogen-bond donors (Lipinski definition) is 0. The summed E-state index contributed by atoms with van der Waals surface area (Å²) in [7, 11) is 0. The Kier molecular flexibility index (Phi) is 11.5. The SMILES string of the molecule is CC(C)(C)c1cc2c([c-]c1-c1ccccc1)Cc1cc(-c3ccccc3)c(C(C)(C)C)cc1-2.[C-]1=CC=CC1.[Zr+2]=[C]1CCCCCC1. The Labute approximate surface area is 294 Å². The Balaban J connectivity index is 0.000000265. The van der Waals surface area contributed by atoms with E-state index in [1.807, 2.05) is 15.4 Å². The summed E-state index contributed by atoms with van der Waals surface area (Å²) in [5, 5.41) is 0. The number of hydrogen-bond acceptors (Lipinski definition) is 0. The summed E-state index contributed by atoms with van der Waals surface area (Å²) in [5.74, 6) is 0. The van der Waals surface area contributed by atoms with E-state index in [-0.39, 0.29) is 10.8 Å². The van der Waals surface area contributed by atoms with Crippen molar-refractivity contribution >= 4 is 3.21 Å². The van der Waals surface area contributed by atoms with Crippen molar-refractivity contribution in [2.24, 2.45) is 0 Å². The molecule has 0 heterocycles. The van der Waals surface area contributed by atoms with Crippen LogP contribution in [-0.4, -0.2) is 3.21 Å². The molecule has 4 aromatic rings. The van der Waals surface area contributed by atoms with Crippen LogP contribution in [0.2, 0.25) is 0 Å². The average Bonchev–Trinajstić information content (AvgIpc) is 3.68. The van der Waals surface area contributed by atoms with E-state index in [9.17, 15) is 0 Å². The van der Waals surface area contributed by atoms with Crippen molar-refractivity contribution in [1.82, 2.24) is 0 Å². The molecule has 0 saturated heterocycles. The quantitative estimate of drug-likeness (QED) is 0.128. The van der Waals surface area contributed by atoms with Crippen LogP contribution < -0.4 is 0 Å². The molecule has 0 aromatic heterocycles. The van der Waals surface area contributed by atoms with Gasteiger partial charge in [-0.2, -0.15) is 6.08 Å². The molecule has 0 unspecified atom stereocenters. The zero-order chi connectivity index (χ0) is 32.7. The maximum atomic E-state index is 3.88. The van der Waals surface area contributed by atoms with Gasteiger partial charge in [-0.3, -0.25) is 6.08 Å². The van der Waals surface area contributed by atoms with Crippen LogP contribution >= 0.6 is 0 Å². The fourth-order valence-electron chi connectivity index (χ4n) is 6.60. The van der Waals surface area contributed by atoms with E-state index in [4.69, 9.17) is 0 Å². The van der Waals surface area contributed by atoms with Crippen molar-refractivity contribution in [3.8, 4) is 33.4 Å². The Morgan fingerprint density at radius 3 is 1.74 bits per heavy atom. The van der Waals surface area contributed by atoms with E-state index in [0.717, 1.165) is 12.8 Å². The van der Waals surface area contributed by atoms with Gasteiger partial charge >= 0.3 is 66.0 Å². The van der Waals surface area contributed by atoms with Crippen LogP contribution in [0.15, 0.2) is 97.1 Å². The fraction of sp³-hybridized carbons (Fsp3) is 0.356. The van der Waals surface area contributed by atoms with Crippen molar-refractivity contribution in [1.29, 1.82) is 0 Å². The monoisotopic (exact) mass is 680 g/mol. The molecule has 0 radical (unpaired) electrons. The fourth-order valence-corrected chi connectivity index (χ4v) is 7.47. The summed E-state index contributed by atoms with van der Waals surface area (Å²) in [4.78, 5) is 0. The Bertz CT molecular complexity index is 1560. The van der Waals surface area contributed by atoms with Gasteiger partial charge in [0.2, 0.25) is 0 Å². The Morgan fingerprint density at radius 2 is 1.22 bits per heavy atom. The standard InChI is InChI=1S/C33H33.C7H12.C5H5.Zr/c1-32(2,3)30-20-26-24(18-28(30)22-13-9-7-10-14-22)17-25-19-29(23-15-11-8-12-16-23)31(21-27(25)26)33(4,5)6;1-2-4-6-7-5-3-1;1-2-4-5-3-1;/h7-16,18,20-21H,17H2,1-6H3;1-6H2;1-3H,4H2;/q-1;;-1;+2. The number of benzene rings is 4. The molecule has 234 valence electrons. The van der Waals surface area contributed by atoms with Gasteiger partial charge in [0, 0.05) is 0 Å². The average molecular weight is 682 g/mol. The van der Waals surface area contributed by atoms with E-state index < -0.39 is 0 Å². The van der Waals surface area contributed by atoms with Gasteiger partial charge in [-0.05, 0) is 39.5 Å². The molecule has 3 aliphatic carbocycles. The normalized spacial score (nSPS) is 15.3. The maximum absolute atomic E-state index is 3.88. The number of fused-ring (bicyclic) bond motifs is 3. The molecular weight excluding hydrogens is 632 g/mol. The summed E-state index contributed by atoms with van der Waals surface area (Å²) in [6.07, 6.45) is 19.7. The molecule has 0 aliphatic heterocycles. The summed E-state index contributed by atoms with van der Waals surface area (Å²) >= 11 is 1.69. The van der Waals surface area contributed by atoms with Gasteiger partial charge < -0.3 is 0 Å². The van der Waals surface area contributed by atoms with Crippen LogP contribution in [0.3, 0.4) is 0 Å². The molecule has 7 rings (SSSR count). The van der Waals surface area contributed by atoms with E-state index in [2.05, 4.69) is 139 Å². The second kappa shape index (κ2) is 15.3. The molecule has 0 atom stereocenters. The van der Waals surface area contributed by atoms with Gasteiger partial charge in [0.15, 0.2) is 0 Å². The summed E-state index contributed by atoms with van der Waals surface area (Å²) < 4.78 is 1.81. The zero-order valence-electron chi connectivity index (χ0n) is 28.9. The molecule has 1 heteroatoms. The number of rotatable bonds is 2. The van der Waals surface area contributed by atoms with E-state index in [1.165, 1.54) is 94.2 Å². The zero-order valence-corrected chi connectivity index (χ0v) is 31.4. The molecule has 0 amide bonds. The summed E-state index contributed by atoms with van der Waals surface area (Å²) in [6, 6.07) is 32.8. The third-order valence-electron chi connectivity index (χ3n) is 9.12. The molecule has 0 bridgehead atoms. The second-order valence-electron chi connectivity index (χ2n) is 14.9. The number of allylic oxidation sites excluding steroid dienone is 4. The molecule has 4 aromatic carbocycles. The summed E-state index contributed by atoms with van der Waals surface area (Å²) in [5.41, 5.74) is 13.5. The molecule has 1 fully saturated rings. The van der Waals surface area contributed by atoms with Gasteiger partial charge in [-0.25, -0.2) is 12.2 Å². The topological polar surface area (TPSA) is 0 Å². The van der Waals surface area contributed by atoms with Crippen molar-refractivity contribution in [3.63, 3.8) is 0 Å². The van der Waals surface area contributed by atoms with Crippen molar-refractivity contribution in [2.75, 3.05) is 0 Å². The van der Waals surface area contributed by atoms with Crippen LogP contribution in [0.4, 0.5) is 0 Å². The first-order chi connectivity index (χ1) is 22.0. The van der Waals surface area contributed by atoms with Crippen molar-refractivity contribution in [2.45, 2.75) is 104 Å². The predicted octanol–water partition coefficient (Wildman–Crippen LogP) is 12.4. The van der Waals surface area contributed by atoms with E-state index >= 15 is 0 Å². The first-order valence-electron chi connectivity index (χ1n) is 17.2. The van der Waals surface area contributed by atoms with Crippen LogP contribution in [-0.2, 0) is 41.5 Å². The van der Waals surface area contributed by atoms with Crippen LogP contribution in [0.5, 0.6) is 0 Å².